The zero-order valence-corrected chi connectivity index (χ0v) is 9.71. The molecular weight excluding hydrogens is 230 g/mol. The number of hydrogen-bond acceptors (Lipinski definition) is 2. The van der Waals surface area contributed by atoms with Gasteiger partial charge in [0.2, 0.25) is 0 Å². The Labute approximate surface area is 104 Å². The highest BCUT2D eigenvalue weighted by molar-refractivity contribution is 5.67. The van der Waals surface area contributed by atoms with Crippen molar-refractivity contribution in [1.29, 1.82) is 0 Å². The molecule has 5 nitrogen and oxygen atoms in total. The van der Waals surface area contributed by atoms with Crippen molar-refractivity contribution in [3.63, 3.8) is 0 Å². The lowest BCUT2D eigenvalue weighted by molar-refractivity contribution is 0.188. The summed E-state index contributed by atoms with van der Waals surface area (Å²) >= 11 is 0. The maximum absolute atomic E-state index is 10.8. The lowest BCUT2D eigenvalue weighted by Crippen LogP contribution is -2.33. The fraction of sp³-hybridized carbons (Fsp3) is 0.231. The van der Waals surface area contributed by atoms with Crippen molar-refractivity contribution < 1.29 is 9.90 Å². The molecule has 3 rings (SSSR count). The zero-order valence-electron chi connectivity index (χ0n) is 9.71. The van der Waals surface area contributed by atoms with Gasteiger partial charge in [-0.3, -0.25) is 0 Å². The van der Waals surface area contributed by atoms with Gasteiger partial charge in [0.25, 0.3) is 0 Å². The van der Waals surface area contributed by atoms with Gasteiger partial charge in [-0.1, -0.05) is 12.1 Å². The van der Waals surface area contributed by atoms with Gasteiger partial charge in [0.05, 0.1) is 11.2 Å². The van der Waals surface area contributed by atoms with E-state index in [4.69, 9.17) is 5.11 Å². The number of hydrogen-bond donors (Lipinski definition) is 2. The molecule has 1 aliphatic rings. The van der Waals surface area contributed by atoms with Crippen LogP contribution < -0.4 is 5.32 Å². The molecule has 0 atom stereocenters. The average Bonchev–Trinajstić information content (AvgIpc) is 2.93. The SMILES string of the molecule is O=C(O)NC1(c2ccc(-n3cccn3)cc2)CC1. The quantitative estimate of drug-likeness (QED) is 0.867. The predicted octanol–water partition coefficient (Wildman–Crippen LogP) is 2.13. The summed E-state index contributed by atoms with van der Waals surface area (Å²) in [4.78, 5) is 10.8. The molecule has 0 bridgehead atoms. The van der Waals surface area contributed by atoms with Crippen molar-refractivity contribution in [3.05, 3.63) is 48.3 Å². The molecule has 92 valence electrons. The second-order valence-corrected chi connectivity index (χ2v) is 4.51. The molecular formula is C13H13N3O2. The van der Waals surface area contributed by atoms with Gasteiger partial charge in [-0.05, 0) is 36.6 Å². The molecule has 1 aromatic heterocycles. The number of carbonyl (C=O) groups is 1. The molecule has 0 aliphatic heterocycles. The highest BCUT2D eigenvalue weighted by Gasteiger charge is 2.45. The minimum atomic E-state index is -0.969. The lowest BCUT2D eigenvalue weighted by atomic mass is 10.0. The fourth-order valence-electron chi connectivity index (χ4n) is 2.17. The van der Waals surface area contributed by atoms with E-state index in [1.807, 2.05) is 36.5 Å². The van der Waals surface area contributed by atoms with Crippen LogP contribution in [0.5, 0.6) is 0 Å². The maximum atomic E-state index is 10.8. The number of nitrogens with one attached hydrogen (secondary N) is 1. The summed E-state index contributed by atoms with van der Waals surface area (Å²) in [5.74, 6) is 0. The Morgan fingerprint density at radius 2 is 2.06 bits per heavy atom. The lowest BCUT2D eigenvalue weighted by Gasteiger charge is -2.16. The Hall–Kier alpha value is -2.30. The van der Waals surface area contributed by atoms with Crippen LogP contribution in [0.4, 0.5) is 4.79 Å². The zero-order chi connectivity index (χ0) is 12.6. The highest BCUT2D eigenvalue weighted by atomic mass is 16.4. The summed E-state index contributed by atoms with van der Waals surface area (Å²) in [7, 11) is 0. The van der Waals surface area contributed by atoms with Crippen LogP contribution in [0.3, 0.4) is 0 Å². The molecule has 5 heteroatoms. The first-order chi connectivity index (χ1) is 8.70. The van der Waals surface area contributed by atoms with Gasteiger partial charge in [0.1, 0.15) is 0 Å². The first kappa shape index (κ1) is 10.8. The summed E-state index contributed by atoms with van der Waals surface area (Å²) in [6.45, 7) is 0. The summed E-state index contributed by atoms with van der Waals surface area (Å²) in [6.07, 6.45) is 4.35. The van der Waals surface area contributed by atoms with Crippen LogP contribution in [0.15, 0.2) is 42.7 Å². The molecule has 18 heavy (non-hydrogen) atoms. The summed E-state index contributed by atoms with van der Waals surface area (Å²) in [5.41, 5.74) is 1.62. The monoisotopic (exact) mass is 243 g/mol. The fourth-order valence-corrected chi connectivity index (χ4v) is 2.17. The van der Waals surface area contributed by atoms with Crippen LogP contribution in [0.25, 0.3) is 5.69 Å². The molecule has 1 saturated carbocycles. The molecule has 1 aromatic carbocycles. The summed E-state index contributed by atoms with van der Waals surface area (Å²) in [5, 5.41) is 15.6. The van der Waals surface area contributed by atoms with Crippen molar-refractivity contribution in [2.45, 2.75) is 18.4 Å². The number of benzene rings is 1. The molecule has 1 amide bonds. The average molecular weight is 243 g/mol. The Balaban J connectivity index is 1.86. The molecule has 1 aliphatic carbocycles. The van der Waals surface area contributed by atoms with E-state index in [0.717, 1.165) is 24.1 Å². The van der Waals surface area contributed by atoms with E-state index in [-0.39, 0.29) is 5.54 Å². The van der Waals surface area contributed by atoms with Crippen molar-refractivity contribution in [3.8, 4) is 5.69 Å². The number of amides is 1. The number of rotatable bonds is 3. The third-order valence-corrected chi connectivity index (χ3v) is 3.29. The van der Waals surface area contributed by atoms with Gasteiger partial charge in [-0.25, -0.2) is 9.48 Å². The second kappa shape index (κ2) is 3.87. The Kier molecular flexibility index (Phi) is 2.33. The van der Waals surface area contributed by atoms with Gasteiger partial charge >= 0.3 is 6.09 Å². The Morgan fingerprint density at radius 3 is 2.56 bits per heavy atom. The van der Waals surface area contributed by atoms with E-state index in [9.17, 15) is 4.79 Å². The highest BCUT2D eigenvalue weighted by Crippen LogP contribution is 2.45. The normalized spacial score (nSPS) is 16.2. The molecule has 2 aromatic rings. The van der Waals surface area contributed by atoms with Crippen molar-refractivity contribution in [1.82, 2.24) is 15.1 Å². The molecule has 0 radical (unpaired) electrons. The minimum Gasteiger partial charge on any atom is -0.465 e. The van der Waals surface area contributed by atoms with E-state index < -0.39 is 6.09 Å². The van der Waals surface area contributed by atoms with Crippen LogP contribution in [0.2, 0.25) is 0 Å². The van der Waals surface area contributed by atoms with Gasteiger partial charge < -0.3 is 10.4 Å². The van der Waals surface area contributed by atoms with Crippen LogP contribution in [-0.4, -0.2) is 21.0 Å². The van der Waals surface area contributed by atoms with Crippen LogP contribution >= 0.6 is 0 Å². The van der Waals surface area contributed by atoms with Gasteiger partial charge in [-0.2, -0.15) is 5.10 Å². The van der Waals surface area contributed by atoms with E-state index >= 15 is 0 Å². The number of nitrogens with zero attached hydrogens (tertiary/aromatic N) is 2. The van der Waals surface area contributed by atoms with Gasteiger partial charge in [0, 0.05) is 12.4 Å². The third kappa shape index (κ3) is 1.84. The summed E-state index contributed by atoms with van der Waals surface area (Å²) < 4.78 is 1.77. The second-order valence-electron chi connectivity index (χ2n) is 4.51. The maximum Gasteiger partial charge on any atom is 0.405 e. The smallest absolute Gasteiger partial charge is 0.405 e. The molecule has 1 fully saturated rings. The molecule has 1 heterocycles. The molecule has 0 spiro atoms. The molecule has 0 saturated heterocycles. The number of carboxylic acid groups (broad SMARTS) is 1. The minimum absolute atomic E-state index is 0.367. The first-order valence-corrected chi connectivity index (χ1v) is 5.81. The van der Waals surface area contributed by atoms with E-state index in [0.29, 0.717) is 0 Å². The van der Waals surface area contributed by atoms with Crippen molar-refractivity contribution in [2.24, 2.45) is 0 Å². The largest absolute Gasteiger partial charge is 0.465 e. The van der Waals surface area contributed by atoms with Crippen molar-refractivity contribution >= 4 is 6.09 Å². The van der Waals surface area contributed by atoms with Gasteiger partial charge in [0.15, 0.2) is 0 Å². The Morgan fingerprint density at radius 1 is 1.33 bits per heavy atom. The van der Waals surface area contributed by atoms with Crippen molar-refractivity contribution in [2.75, 3.05) is 0 Å². The molecule has 0 unspecified atom stereocenters. The third-order valence-electron chi connectivity index (χ3n) is 3.29. The van der Waals surface area contributed by atoms with Gasteiger partial charge in [-0.15, -0.1) is 0 Å². The summed E-state index contributed by atoms with van der Waals surface area (Å²) in [6, 6.07) is 9.68. The standard InChI is InChI=1S/C13H13N3O2/c17-12(18)15-13(6-7-13)10-2-4-11(5-3-10)16-9-1-8-14-16/h1-5,8-9,15H,6-7H2,(H,17,18). The molecule has 2 N–H and O–H groups in total. The van der Waals surface area contributed by atoms with E-state index in [1.54, 1.807) is 10.9 Å². The van der Waals surface area contributed by atoms with Crippen LogP contribution in [0, 0.1) is 0 Å². The van der Waals surface area contributed by atoms with E-state index in [2.05, 4.69) is 10.4 Å². The topological polar surface area (TPSA) is 67.2 Å². The predicted molar refractivity (Wildman–Crippen MR) is 65.6 cm³/mol. The Bertz CT molecular complexity index is 556. The first-order valence-electron chi connectivity index (χ1n) is 5.81. The number of aromatic nitrogens is 2. The van der Waals surface area contributed by atoms with Crippen LogP contribution in [0.1, 0.15) is 18.4 Å². The van der Waals surface area contributed by atoms with E-state index in [1.165, 1.54) is 0 Å². The van der Waals surface area contributed by atoms with Crippen LogP contribution in [-0.2, 0) is 5.54 Å².